The Morgan fingerprint density at radius 2 is 1.30 bits per heavy atom. The Labute approximate surface area is 295 Å². The van der Waals surface area contributed by atoms with Crippen LogP contribution < -0.4 is 26.1 Å². The number of aliphatic hydroxyl groups excluding tert-OH is 1. The molecule has 14 heteroatoms. The monoisotopic (exact) mass is 701 g/mol. The summed E-state index contributed by atoms with van der Waals surface area (Å²) in [5.41, 5.74) is 4.51. The van der Waals surface area contributed by atoms with E-state index in [-0.39, 0.29) is 44.6 Å². The van der Waals surface area contributed by atoms with Crippen molar-refractivity contribution in [1.82, 2.24) is 26.4 Å². The average molecular weight is 702 g/mol. The van der Waals surface area contributed by atoms with Crippen LogP contribution in [0, 0.1) is 11.8 Å². The van der Waals surface area contributed by atoms with Gasteiger partial charge in [0, 0.05) is 20.2 Å². The number of amides is 4. The first-order valence-corrected chi connectivity index (χ1v) is 17.0. The van der Waals surface area contributed by atoms with Crippen molar-refractivity contribution in [2.45, 2.75) is 78.7 Å². The molecule has 0 aliphatic carbocycles. The molecule has 2 aromatic carbocycles. The van der Waals surface area contributed by atoms with Gasteiger partial charge in [-0.1, -0.05) is 70.2 Å². The van der Waals surface area contributed by atoms with E-state index < -0.39 is 48.2 Å². The van der Waals surface area contributed by atoms with Crippen molar-refractivity contribution in [3.05, 3.63) is 65.7 Å². The molecule has 14 nitrogen and oxygen atoms in total. The fourth-order valence-electron chi connectivity index (χ4n) is 4.98. The molecule has 278 valence electrons. The summed E-state index contributed by atoms with van der Waals surface area (Å²) in [6.07, 6.45) is -2.39. The number of benzene rings is 2. The third kappa shape index (κ3) is 15.0. The number of nitrogens with one attached hydrogen (secondary N) is 4. The molecule has 2 aromatic rings. The zero-order chi connectivity index (χ0) is 37.1. The predicted octanol–water partition coefficient (Wildman–Crippen LogP) is 3.17. The largest absolute Gasteiger partial charge is 0.491 e. The van der Waals surface area contributed by atoms with Crippen molar-refractivity contribution >= 4 is 24.0 Å². The van der Waals surface area contributed by atoms with Gasteiger partial charge in [0.05, 0.1) is 32.0 Å². The fourth-order valence-corrected chi connectivity index (χ4v) is 4.98. The van der Waals surface area contributed by atoms with E-state index in [1.54, 1.807) is 60.8 Å². The Kier molecular flexibility index (Phi) is 18.7. The summed E-state index contributed by atoms with van der Waals surface area (Å²) in [6, 6.07) is 13.9. The van der Waals surface area contributed by atoms with Crippen LogP contribution in [0.4, 0.5) is 9.59 Å². The van der Waals surface area contributed by atoms with E-state index in [9.17, 15) is 24.3 Å². The molecule has 0 aromatic heterocycles. The van der Waals surface area contributed by atoms with Crippen LogP contribution in [-0.4, -0.2) is 98.4 Å². The standard InChI is InChI=1S/C36H55N5O9/c1-8-48-35(45)38-31(24(3)4)33(43)37-29(21-26-13-11-10-12-14-26)30(42)23-41(22-27-15-17-28(18-16-27)50-20-19-47-7)40-34(44)32(25(5)6)39-36(46)49-9-2/h10-18,24-25,29-32,42H,8-9,19-23H2,1-7H3,(H,37,43)(H,38,45)(H,39,46)(H,40,44)/t29?,30?,31-,32-/m0/s1. The Morgan fingerprint density at radius 1 is 0.740 bits per heavy atom. The van der Waals surface area contributed by atoms with Crippen molar-refractivity contribution in [3.8, 4) is 5.75 Å². The average Bonchev–Trinajstić information content (AvgIpc) is 3.07. The molecular formula is C36H55N5O9. The molecule has 0 fully saturated rings. The van der Waals surface area contributed by atoms with Gasteiger partial charge in [-0.2, -0.15) is 0 Å². The van der Waals surface area contributed by atoms with E-state index in [2.05, 4.69) is 21.4 Å². The molecule has 5 N–H and O–H groups in total. The first-order valence-electron chi connectivity index (χ1n) is 17.0. The van der Waals surface area contributed by atoms with Crippen LogP contribution in [0.5, 0.6) is 5.75 Å². The van der Waals surface area contributed by atoms with E-state index in [0.29, 0.717) is 19.0 Å². The highest BCUT2D eigenvalue weighted by atomic mass is 16.6. The highest BCUT2D eigenvalue weighted by Crippen LogP contribution is 2.16. The molecule has 0 bridgehead atoms. The number of carbonyl (C=O) groups is 4. The van der Waals surface area contributed by atoms with Gasteiger partial charge in [-0.3, -0.25) is 15.0 Å². The molecule has 0 aliphatic heterocycles. The summed E-state index contributed by atoms with van der Waals surface area (Å²) in [5, 5.41) is 21.4. The lowest BCUT2D eigenvalue weighted by Crippen LogP contribution is -2.59. The van der Waals surface area contributed by atoms with Crippen LogP contribution in [0.25, 0.3) is 0 Å². The number of ether oxygens (including phenoxy) is 4. The van der Waals surface area contributed by atoms with Crippen LogP contribution in [0.15, 0.2) is 54.6 Å². The minimum atomic E-state index is -1.21. The zero-order valence-corrected chi connectivity index (χ0v) is 30.3. The minimum absolute atomic E-state index is 0.114. The van der Waals surface area contributed by atoms with Crippen molar-refractivity contribution in [3.63, 3.8) is 0 Å². The number of hydrazine groups is 1. The number of carbonyl (C=O) groups excluding carboxylic acids is 4. The molecule has 0 aliphatic rings. The predicted molar refractivity (Wildman–Crippen MR) is 188 cm³/mol. The molecule has 0 saturated carbocycles. The summed E-state index contributed by atoms with van der Waals surface area (Å²) in [6.45, 7) is 11.7. The minimum Gasteiger partial charge on any atom is -0.491 e. The Morgan fingerprint density at radius 3 is 1.82 bits per heavy atom. The summed E-state index contributed by atoms with van der Waals surface area (Å²) < 4.78 is 20.7. The molecule has 2 rings (SSSR count). The van der Waals surface area contributed by atoms with E-state index in [0.717, 1.165) is 11.1 Å². The van der Waals surface area contributed by atoms with Crippen LogP contribution in [0.3, 0.4) is 0 Å². The molecule has 2 unspecified atom stereocenters. The van der Waals surface area contributed by atoms with Gasteiger partial charge in [-0.15, -0.1) is 0 Å². The number of methoxy groups -OCH3 is 1. The van der Waals surface area contributed by atoms with Crippen LogP contribution in [-0.2, 0) is 36.8 Å². The SMILES string of the molecule is CCOC(=O)N[C@H](C(=O)NC(Cc1ccccc1)C(O)CN(Cc1ccc(OCCOC)cc1)NC(=O)[C@@H](NC(=O)OCC)C(C)C)C(C)C. The first kappa shape index (κ1) is 41.8. The maximum absolute atomic E-state index is 13.6. The van der Waals surface area contributed by atoms with E-state index in [4.69, 9.17) is 18.9 Å². The van der Waals surface area contributed by atoms with Gasteiger partial charge in [-0.05, 0) is 55.4 Å². The van der Waals surface area contributed by atoms with Gasteiger partial charge in [0.2, 0.25) is 5.91 Å². The summed E-state index contributed by atoms with van der Waals surface area (Å²) in [7, 11) is 1.59. The second-order valence-electron chi connectivity index (χ2n) is 12.4. The van der Waals surface area contributed by atoms with Gasteiger partial charge in [0.15, 0.2) is 0 Å². The Bertz CT molecular complexity index is 1310. The lowest BCUT2D eigenvalue weighted by molar-refractivity contribution is -0.131. The maximum atomic E-state index is 13.6. The molecule has 50 heavy (non-hydrogen) atoms. The van der Waals surface area contributed by atoms with Gasteiger partial charge < -0.3 is 40.0 Å². The fraction of sp³-hybridized carbons (Fsp3) is 0.556. The van der Waals surface area contributed by atoms with Crippen LogP contribution >= 0.6 is 0 Å². The third-order valence-corrected chi connectivity index (χ3v) is 7.62. The van der Waals surface area contributed by atoms with E-state index in [1.807, 2.05) is 42.5 Å². The van der Waals surface area contributed by atoms with Crippen molar-refractivity contribution in [1.29, 1.82) is 0 Å². The molecule has 0 heterocycles. The van der Waals surface area contributed by atoms with Gasteiger partial charge >= 0.3 is 12.2 Å². The highest BCUT2D eigenvalue weighted by molar-refractivity contribution is 5.86. The Hall–Kier alpha value is -4.40. The van der Waals surface area contributed by atoms with Gasteiger partial charge in [-0.25, -0.2) is 14.6 Å². The maximum Gasteiger partial charge on any atom is 0.407 e. The topological polar surface area (TPSA) is 177 Å². The number of hydrogen-bond donors (Lipinski definition) is 5. The quantitative estimate of drug-likeness (QED) is 0.0960. The summed E-state index contributed by atoms with van der Waals surface area (Å²) in [4.78, 5) is 51.7. The van der Waals surface area contributed by atoms with Gasteiger partial charge in [0.25, 0.3) is 5.91 Å². The Balaban J connectivity index is 2.39. The molecule has 4 amide bonds. The molecule has 0 radical (unpaired) electrons. The summed E-state index contributed by atoms with van der Waals surface area (Å²) in [5.74, 6) is -0.944. The van der Waals surface area contributed by atoms with Gasteiger partial charge in [0.1, 0.15) is 24.4 Å². The van der Waals surface area contributed by atoms with Crippen LogP contribution in [0.2, 0.25) is 0 Å². The molecular weight excluding hydrogens is 646 g/mol. The molecule has 4 atom stereocenters. The van der Waals surface area contributed by atoms with Crippen molar-refractivity contribution in [2.24, 2.45) is 11.8 Å². The number of rotatable bonds is 21. The second kappa shape index (κ2) is 22.3. The number of aliphatic hydroxyl groups is 1. The third-order valence-electron chi connectivity index (χ3n) is 7.62. The number of alkyl carbamates (subject to hydrolysis) is 2. The second-order valence-corrected chi connectivity index (χ2v) is 12.4. The van der Waals surface area contributed by atoms with E-state index >= 15 is 0 Å². The van der Waals surface area contributed by atoms with Crippen molar-refractivity contribution in [2.75, 3.05) is 40.1 Å². The van der Waals surface area contributed by atoms with Crippen molar-refractivity contribution < 1.29 is 43.2 Å². The lowest BCUT2D eigenvalue weighted by atomic mass is 9.98. The number of hydrogen-bond acceptors (Lipinski definition) is 10. The summed E-state index contributed by atoms with van der Waals surface area (Å²) >= 11 is 0. The highest BCUT2D eigenvalue weighted by Gasteiger charge is 2.32. The first-order chi connectivity index (χ1) is 23.9. The molecule has 0 saturated heterocycles. The molecule has 0 spiro atoms. The van der Waals surface area contributed by atoms with Crippen LogP contribution in [0.1, 0.15) is 52.7 Å². The zero-order valence-electron chi connectivity index (χ0n) is 30.3. The number of nitrogens with zero attached hydrogens (tertiary/aromatic N) is 1. The normalized spacial score (nSPS) is 13.6. The smallest absolute Gasteiger partial charge is 0.407 e. The lowest BCUT2D eigenvalue weighted by Gasteiger charge is -2.33. The van der Waals surface area contributed by atoms with E-state index in [1.165, 1.54) is 5.01 Å².